The standard InChI is InChI=1S/C19H24N4O3S2/c20-14-6-7-15(16(24)13-14)19(26)23-11-4-3-9-21-17(25)8-12-27-28-18-5-1-2-10-22-18/h1-2,5-7,10,13,24H,3-4,8-9,11-12,20H2,(H,21,25)(H,23,26). The Labute approximate surface area is 172 Å². The van der Waals surface area contributed by atoms with E-state index in [9.17, 15) is 14.7 Å². The Kier molecular flexibility index (Phi) is 9.50. The van der Waals surface area contributed by atoms with Gasteiger partial charge in [0.25, 0.3) is 5.91 Å². The Morgan fingerprint density at radius 2 is 1.89 bits per heavy atom. The SMILES string of the molecule is Nc1ccc(C(=O)NCCCCNC(=O)CCSSc2ccccn2)c(O)c1. The molecule has 0 unspecified atom stereocenters. The van der Waals surface area contributed by atoms with E-state index in [-0.39, 0.29) is 23.1 Å². The van der Waals surface area contributed by atoms with E-state index in [4.69, 9.17) is 5.73 Å². The van der Waals surface area contributed by atoms with Gasteiger partial charge < -0.3 is 21.5 Å². The van der Waals surface area contributed by atoms with Crippen LogP contribution < -0.4 is 16.4 Å². The maximum atomic E-state index is 12.0. The number of unbranched alkanes of at least 4 members (excludes halogenated alkanes) is 1. The Morgan fingerprint density at radius 1 is 1.11 bits per heavy atom. The van der Waals surface area contributed by atoms with Crippen LogP contribution in [0.15, 0.2) is 47.6 Å². The largest absolute Gasteiger partial charge is 0.507 e. The van der Waals surface area contributed by atoms with Crippen molar-refractivity contribution < 1.29 is 14.7 Å². The van der Waals surface area contributed by atoms with Gasteiger partial charge in [0.15, 0.2) is 0 Å². The number of hydrogen-bond donors (Lipinski definition) is 4. The van der Waals surface area contributed by atoms with Crippen molar-refractivity contribution in [2.24, 2.45) is 0 Å². The van der Waals surface area contributed by atoms with Crippen molar-refractivity contribution in [3.8, 4) is 5.75 Å². The number of nitrogens with zero attached hydrogens (tertiary/aromatic N) is 1. The van der Waals surface area contributed by atoms with Gasteiger partial charge in [0.05, 0.1) is 5.56 Å². The van der Waals surface area contributed by atoms with Gasteiger partial charge in [-0.1, -0.05) is 16.9 Å². The number of amides is 2. The van der Waals surface area contributed by atoms with Gasteiger partial charge in [-0.15, -0.1) is 0 Å². The lowest BCUT2D eigenvalue weighted by Crippen LogP contribution is -2.27. The van der Waals surface area contributed by atoms with Crippen LogP contribution in [0.4, 0.5) is 5.69 Å². The molecule has 1 aromatic heterocycles. The van der Waals surface area contributed by atoms with E-state index in [1.54, 1.807) is 33.9 Å². The van der Waals surface area contributed by atoms with E-state index in [2.05, 4.69) is 15.6 Å². The van der Waals surface area contributed by atoms with Gasteiger partial charge in [0.1, 0.15) is 10.8 Å². The number of nitrogens with two attached hydrogens (primary N) is 1. The maximum absolute atomic E-state index is 12.0. The summed E-state index contributed by atoms with van der Waals surface area (Å²) < 4.78 is 0. The van der Waals surface area contributed by atoms with Crippen LogP contribution in [0.5, 0.6) is 5.75 Å². The minimum absolute atomic E-state index is 0.0185. The molecule has 28 heavy (non-hydrogen) atoms. The van der Waals surface area contributed by atoms with Crippen molar-refractivity contribution in [1.29, 1.82) is 0 Å². The molecule has 1 aromatic carbocycles. The van der Waals surface area contributed by atoms with E-state index in [1.807, 2.05) is 18.2 Å². The minimum Gasteiger partial charge on any atom is -0.507 e. The fourth-order valence-corrected chi connectivity index (χ4v) is 4.11. The normalized spacial score (nSPS) is 10.4. The van der Waals surface area contributed by atoms with Gasteiger partial charge in [-0.3, -0.25) is 9.59 Å². The van der Waals surface area contributed by atoms with E-state index in [0.29, 0.717) is 31.0 Å². The highest BCUT2D eigenvalue weighted by Gasteiger charge is 2.10. The number of phenolic OH excluding ortho intramolecular Hbond substituents is 1. The Morgan fingerprint density at radius 3 is 2.61 bits per heavy atom. The zero-order chi connectivity index (χ0) is 20.2. The summed E-state index contributed by atoms with van der Waals surface area (Å²) in [5, 5.41) is 16.3. The lowest BCUT2D eigenvalue weighted by molar-refractivity contribution is -0.120. The van der Waals surface area contributed by atoms with Crippen LogP contribution in [0.2, 0.25) is 0 Å². The second-order valence-corrected chi connectivity index (χ2v) is 8.35. The molecule has 0 aliphatic carbocycles. The van der Waals surface area contributed by atoms with Crippen LogP contribution in [-0.2, 0) is 4.79 Å². The average molecular weight is 421 g/mol. The second kappa shape index (κ2) is 12.1. The minimum atomic E-state index is -0.344. The number of pyridine rings is 1. The molecular formula is C19H24N4O3S2. The summed E-state index contributed by atoms with van der Waals surface area (Å²) in [6.07, 6.45) is 3.69. The molecule has 0 aliphatic heterocycles. The lowest BCUT2D eigenvalue weighted by Gasteiger charge is -2.08. The Bertz CT molecular complexity index is 775. The van der Waals surface area contributed by atoms with Crippen LogP contribution in [-0.4, -0.2) is 40.7 Å². The number of rotatable bonds is 11. The second-order valence-electron chi connectivity index (χ2n) is 5.91. The van der Waals surface area contributed by atoms with Gasteiger partial charge in [-0.2, -0.15) is 0 Å². The third kappa shape index (κ3) is 8.10. The number of aromatic nitrogens is 1. The van der Waals surface area contributed by atoms with Crippen LogP contribution in [0.1, 0.15) is 29.6 Å². The van der Waals surface area contributed by atoms with Gasteiger partial charge in [0.2, 0.25) is 5.91 Å². The Hall–Kier alpha value is -2.39. The molecule has 150 valence electrons. The summed E-state index contributed by atoms with van der Waals surface area (Å²) in [7, 11) is 3.16. The third-order valence-electron chi connectivity index (χ3n) is 3.67. The number of nitrogens with one attached hydrogen (secondary N) is 2. The van der Waals surface area contributed by atoms with Crippen LogP contribution >= 0.6 is 21.6 Å². The summed E-state index contributed by atoms with van der Waals surface area (Å²) >= 11 is 0. The van der Waals surface area contributed by atoms with E-state index >= 15 is 0 Å². The number of carbonyl (C=O) groups is 2. The molecule has 9 heteroatoms. The number of benzene rings is 1. The summed E-state index contributed by atoms with van der Waals surface area (Å²) in [5.41, 5.74) is 6.14. The van der Waals surface area contributed by atoms with E-state index in [1.165, 1.54) is 12.1 Å². The zero-order valence-corrected chi connectivity index (χ0v) is 17.0. The molecule has 1 heterocycles. The first kappa shape index (κ1) is 21.9. The molecule has 7 nitrogen and oxygen atoms in total. The van der Waals surface area contributed by atoms with Gasteiger partial charge in [-0.05, 0) is 47.9 Å². The van der Waals surface area contributed by atoms with Crippen molar-refractivity contribution in [3.05, 3.63) is 48.2 Å². The molecular weight excluding hydrogens is 396 g/mol. The fourth-order valence-electron chi connectivity index (χ4n) is 2.24. The molecule has 0 fully saturated rings. The van der Waals surface area contributed by atoms with Gasteiger partial charge in [0, 0.05) is 43.2 Å². The molecule has 0 spiro atoms. The van der Waals surface area contributed by atoms with E-state index < -0.39 is 0 Å². The number of nitrogen functional groups attached to an aromatic ring is 1. The van der Waals surface area contributed by atoms with E-state index in [0.717, 1.165) is 17.9 Å². The molecule has 2 amide bonds. The zero-order valence-electron chi connectivity index (χ0n) is 15.4. The summed E-state index contributed by atoms with van der Waals surface area (Å²) in [4.78, 5) is 28.0. The Balaban J connectivity index is 1.49. The molecule has 0 radical (unpaired) electrons. The highest BCUT2D eigenvalue weighted by atomic mass is 33.1. The third-order valence-corrected chi connectivity index (χ3v) is 5.94. The van der Waals surface area contributed by atoms with Crippen molar-refractivity contribution >= 4 is 39.1 Å². The van der Waals surface area contributed by atoms with Crippen molar-refractivity contribution in [2.45, 2.75) is 24.3 Å². The van der Waals surface area contributed by atoms with Gasteiger partial charge >= 0.3 is 0 Å². The average Bonchev–Trinajstić information content (AvgIpc) is 2.68. The predicted molar refractivity (Wildman–Crippen MR) is 114 cm³/mol. The number of aromatic hydroxyl groups is 1. The summed E-state index contributed by atoms with van der Waals surface area (Å²) in [6, 6.07) is 10.1. The number of phenols is 1. The topological polar surface area (TPSA) is 117 Å². The van der Waals surface area contributed by atoms with Crippen LogP contribution in [0.25, 0.3) is 0 Å². The molecule has 5 N–H and O–H groups in total. The number of hydrogen-bond acceptors (Lipinski definition) is 7. The lowest BCUT2D eigenvalue weighted by atomic mass is 10.1. The first-order valence-corrected chi connectivity index (χ1v) is 11.2. The van der Waals surface area contributed by atoms with Crippen LogP contribution in [0, 0.1) is 0 Å². The smallest absolute Gasteiger partial charge is 0.255 e. The first-order valence-electron chi connectivity index (χ1n) is 8.90. The predicted octanol–water partition coefficient (Wildman–Crippen LogP) is 2.83. The molecule has 2 rings (SSSR count). The maximum Gasteiger partial charge on any atom is 0.255 e. The summed E-state index contributed by atoms with van der Waals surface area (Å²) in [5.74, 6) is 0.256. The molecule has 0 aliphatic rings. The first-order chi connectivity index (χ1) is 13.6. The van der Waals surface area contributed by atoms with Gasteiger partial charge in [-0.25, -0.2) is 4.98 Å². The molecule has 0 bridgehead atoms. The van der Waals surface area contributed by atoms with Crippen molar-refractivity contribution in [2.75, 3.05) is 24.6 Å². The quantitative estimate of drug-likeness (QED) is 0.251. The van der Waals surface area contributed by atoms with Crippen molar-refractivity contribution in [1.82, 2.24) is 15.6 Å². The van der Waals surface area contributed by atoms with Crippen LogP contribution in [0.3, 0.4) is 0 Å². The fraction of sp³-hybridized carbons (Fsp3) is 0.316. The highest BCUT2D eigenvalue weighted by molar-refractivity contribution is 8.76. The molecule has 2 aromatic rings. The molecule has 0 saturated carbocycles. The summed E-state index contributed by atoms with van der Waals surface area (Å²) in [6.45, 7) is 1.04. The molecule has 0 atom stereocenters. The number of carbonyl (C=O) groups excluding carboxylic acids is 2. The monoisotopic (exact) mass is 420 g/mol. The number of anilines is 1. The molecule has 0 saturated heterocycles. The highest BCUT2D eigenvalue weighted by Crippen LogP contribution is 2.29. The van der Waals surface area contributed by atoms with Crippen molar-refractivity contribution in [3.63, 3.8) is 0 Å².